The number of nitrogens with one attached hydrogen (secondary N) is 2. The molecule has 0 bridgehead atoms. The minimum atomic E-state index is -3.77. The van der Waals surface area contributed by atoms with Gasteiger partial charge in [0.25, 0.3) is 5.91 Å². The summed E-state index contributed by atoms with van der Waals surface area (Å²) in [7, 11) is -3.77. The number of benzene rings is 2. The third-order valence-corrected chi connectivity index (χ3v) is 7.59. The molecule has 1 aliphatic rings. The van der Waals surface area contributed by atoms with E-state index in [1.807, 2.05) is 19.9 Å². The smallest absolute Gasteiger partial charge is 0.251 e. The van der Waals surface area contributed by atoms with Crippen LogP contribution >= 0.6 is 0 Å². The van der Waals surface area contributed by atoms with Crippen molar-refractivity contribution in [1.82, 2.24) is 14.9 Å². The standard InChI is InChI=1S/C24H30FN3O4S/c1-3-17(2)22(26-23(29)18-7-5-4-6-8-18)24(30)28-15-13-20(14-16-28)27-33(31,32)21-11-9-19(25)10-12-21/h4-12,17,20,22,27H,3,13-16H2,1-2H3,(H,26,29). The Morgan fingerprint density at radius 3 is 2.24 bits per heavy atom. The molecule has 33 heavy (non-hydrogen) atoms. The van der Waals surface area contributed by atoms with Crippen LogP contribution in [0.2, 0.25) is 0 Å². The first kappa shape index (κ1) is 24.9. The van der Waals surface area contributed by atoms with Crippen molar-refractivity contribution < 1.29 is 22.4 Å². The topological polar surface area (TPSA) is 95.6 Å². The van der Waals surface area contributed by atoms with E-state index < -0.39 is 21.9 Å². The largest absolute Gasteiger partial charge is 0.341 e. The third-order valence-electron chi connectivity index (χ3n) is 6.05. The zero-order valence-electron chi connectivity index (χ0n) is 18.8. The lowest BCUT2D eigenvalue weighted by Crippen LogP contribution is -2.55. The number of carbonyl (C=O) groups excluding carboxylic acids is 2. The quantitative estimate of drug-likeness (QED) is 0.614. The lowest BCUT2D eigenvalue weighted by Gasteiger charge is -2.36. The summed E-state index contributed by atoms with van der Waals surface area (Å²) in [5.74, 6) is -1.01. The lowest BCUT2D eigenvalue weighted by molar-refractivity contribution is -0.135. The Bertz CT molecular complexity index is 1050. The fourth-order valence-electron chi connectivity index (χ4n) is 3.81. The van der Waals surface area contributed by atoms with E-state index in [9.17, 15) is 22.4 Å². The molecule has 2 amide bonds. The summed E-state index contributed by atoms with van der Waals surface area (Å²) in [6, 6.07) is 12.4. The van der Waals surface area contributed by atoms with E-state index in [1.165, 1.54) is 12.1 Å². The van der Waals surface area contributed by atoms with Crippen LogP contribution in [0.15, 0.2) is 59.5 Å². The van der Waals surface area contributed by atoms with Gasteiger partial charge in [-0.05, 0) is 55.2 Å². The third kappa shape index (κ3) is 6.39. The molecule has 1 saturated heterocycles. The molecule has 2 N–H and O–H groups in total. The number of likely N-dealkylation sites (tertiary alicyclic amines) is 1. The van der Waals surface area contributed by atoms with Crippen molar-refractivity contribution >= 4 is 21.8 Å². The maximum Gasteiger partial charge on any atom is 0.251 e. The second kappa shape index (κ2) is 10.9. The minimum absolute atomic E-state index is 0.00265. The van der Waals surface area contributed by atoms with Crippen LogP contribution in [0.25, 0.3) is 0 Å². The van der Waals surface area contributed by atoms with E-state index >= 15 is 0 Å². The van der Waals surface area contributed by atoms with E-state index in [0.29, 0.717) is 31.5 Å². The Balaban J connectivity index is 1.61. The SMILES string of the molecule is CCC(C)C(NC(=O)c1ccccc1)C(=O)N1CCC(NS(=O)(=O)c2ccc(F)cc2)CC1. The number of rotatable bonds is 8. The van der Waals surface area contributed by atoms with Gasteiger partial charge in [-0.15, -0.1) is 0 Å². The monoisotopic (exact) mass is 475 g/mol. The zero-order chi connectivity index (χ0) is 24.0. The molecule has 0 aromatic heterocycles. The molecule has 7 nitrogen and oxygen atoms in total. The highest BCUT2D eigenvalue weighted by molar-refractivity contribution is 7.89. The average Bonchev–Trinajstić information content (AvgIpc) is 2.82. The zero-order valence-corrected chi connectivity index (χ0v) is 19.6. The maximum absolute atomic E-state index is 13.2. The molecule has 2 unspecified atom stereocenters. The predicted octanol–water partition coefficient (Wildman–Crippen LogP) is 2.94. The minimum Gasteiger partial charge on any atom is -0.341 e. The Hall–Kier alpha value is -2.78. The molecule has 0 saturated carbocycles. The highest BCUT2D eigenvalue weighted by Crippen LogP contribution is 2.19. The highest BCUT2D eigenvalue weighted by Gasteiger charge is 2.33. The normalized spacial score (nSPS) is 16.8. The second-order valence-electron chi connectivity index (χ2n) is 8.38. The van der Waals surface area contributed by atoms with Crippen molar-refractivity contribution in [3.8, 4) is 0 Å². The van der Waals surface area contributed by atoms with Gasteiger partial charge in [0.1, 0.15) is 11.9 Å². The molecular weight excluding hydrogens is 445 g/mol. The first-order valence-electron chi connectivity index (χ1n) is 11.1. The fourth-order valence-corrected chi connectivity index (χ4v) is 5.12. The number of nitrogens with zero attached hydrogens (tertiary/aromatic N) is 1. The van der Waals surface area contributed by atoms with E-state index in [1.54, 1.807) is 29.2 Å². The van der Waals surface area contributed by atoms with Gasteiger partial charge in [-0.25, -0.2) is 17.5 Å². The van der Waals surface area contributed by atoms with Gasteiger partial charge in [0.15, 0.2) is 0 Å². The Kier molecular flexibility index (Phi) is 8.20. The number of sulfonamides is 1. The van der Waals surface area contributed by atoms with Crippen LogP contribution < -0.4 is 10.0 Å². The van der Waals surface area contributed by atoms with Gasteiger partial charge in [-0.1, -0.05) is 38.5 Å². The molecule has 3 rings (SSSR count). The van der Waals surface area contributed by atoms with Crippen LogP contribution in [0.3, 0.4) is 0 Å². The van der Waals surface area contributed by atoms with Crippen LogP contribution in [0, 0.1) is 11.7 Å². The molecule has 1 heterocycles. The summed E-state index contributed by atoms with van der Waals surface area (Å²) in [6.07, 6.45) is 1.62. The summed E-state index contributed by atoms with van der Waals surface area (Å²) in [5.41, 5.74) is 0.493. The van der Waals surface area contributed by atoms with Crippen LogP contribution in [-0.2, 0) is 14.8 Å². The van der Waals surface area contributed by atoms with Crippen LogP contribution in [0.5, 0.6) is 0 Å². The molecule has 2 aromatic carbocycles. The summed E-state index contributed by atoms with van der Waals surface area (Å²) >= 11 is 0. The predicted molar refractivity (Wildman–Crippen MR) is 123 cm³/mol. The van der Waals surface area contributed by atoms with E-state index in [0.717, 1.165) is 18.6 Å². The van der Waals surface area contributed by atoms with Gasteiger partial charge in [0, 0.05) is 24.7 Å². The molecule has 0 radical (unpaired) electrons. The highest BCUT2D eigenvalue weighted by atomic mass is 32.2. The van der Waals surface area contributed by atoms with Crippen LogP contribution in [0.1, 0.15) is 43.5 Å². The number of amides is 2. The first-order chi connectivity index (χ1) is 15.7. The van der Waals surface area contributed by atoms with Gasteiger partial charge in [-0.2, -0.15) is 0 Å². The number of hydrogen-bond acceptors (Lipinski definition) is 4. The van der Waals surface area contributed by atoms with Crippen molar-refractivity contribution in [1.29, 1.82) is 0 Å². The van der Waals surface area contributed by atoms with Crippen molar-refractivity contribution in [2.75, 3.05) is 13.1 Å². The van der Waals surface area contributed by atoms with Crippen LogP contribution in [0.4, 0.5) is 4.39 Å². The van der Waals surface area contributed by atoms with Gasteiger partial charge >= 0.3 is 0 Å². The summed E-state index contributed by atoms with van der Waals surface area (Å²) in [6.45, 7) is 4.65. The number of hydrogen-bond donors (Lipinski definition) is 2. The van der Waals surface area contributed by atoms with Crippen LogP contribution in [-0.4, -0.2) is 50.3 Å². The van der Waals surface area contributed by atoms with Gasteiger partial charge < -0.3 is 10.2 Å². The van der Waals surface area contributed by atoms with E-state index in [4.69, 9.17) is 0 Å². The van der Waals surface area contributed by atoms with Gasteiger partial charge in [0.2, 0.25) is 15.9 Å². The summed E-state index contributed by atoms with van der Waals surface area (Å²) in [5, 5.41) is 2.88. The first-order valence-corrected chi connectivity index (χ1v) is 12.6. The van der Waals surface area contributed by atoms with E-state index in [-0.39, 0.29) is 28.7 Å². The average molecular weight is 476 g/mol. The Labute approximate surface area is 194 Å². The molecule has 0 spiro atoms. The molecule has 178 valence electrons. The summed E-state index contributed by atoms with van der Waals surface area (Å²) < 4.78 is 40.9. The molecular formula is C24H30FN3O4S. The molecule has 9 heteroatoms. The van der Waals surface area contributed by atoms with Crippen molar-refractivity contribution in [3.05, 3.63) is 66.0 Å². The maximum atomic E-state index is 13.2. The Morgan fingerprint density at radius 1 is 1.06 bits per heavy atom. The number of piperidine rings is 1. The molecule has 2 aromatic rings. The van der Waals surface area contributed by atoms with Gasteiger partial charge in [0.05, 0.1) is 4.90 Å². The van der Waals surface area contributed by atoms with Gasteiger partial charge in [-0.3, -0.25) is 9.59 Å². The molecule has 1 aliphatic heterocycles. The number of halogens is 1. The van der Waals surface area contributed by atoms with Crippen molar-refractivity contribution in [2.24, 2.45) is 5.92 Å². The molecule has 1 fully saturated rings. The van der Waals surface area contributed by atoms with Crippen molar-refractivity contribution in [2.45, 2.75) is 50.1 Å². The van der Waals surface area contributed by atoms with Crippen molar-refractivity contribution in [3.63, 3.8) is 0 Å². The lowest BCUT2D eigenvalue weighted by atomic mass is 9.96. The summed E-state index contributed by atoms with van der Waals surface area (Å²) in [4.78, 5) is 27.6. The van der Waals surface area contributed by atoms with E-state index in [2.05, 4.69) is 10.0 Å². The molecule has 2 atom stereocenters. The fraction of sp³-hybridized carbons (Fsp3) is 0.417. The Morgan fingerprint density at radius 2 is 1.67 bits per heavy atom. The second-order valence-corrected chi connectivity index (χ2v) is 10.1. The number of carbonyl (C=O) groups is 2. The molecule has 0 aliphatic carbocycles.